The average molecular weight is 246 g/mol. The van der Waals surface area contributed by atoms with Crippen LogP contribution in [0.2, 0.25) is 0 Å². The van der Waals surface area contributed by atoms with Crippen LogP contribution in [0.3, 0.4) is 0 Å². The number of rotatable bonds is 3. The second-order valence-corrected chi connectivity index (χ2v) is 3.74. The fraction of sp³-hybridized carbons (Fsp3) is 0.333. The number of methoxy groups -OCH3 is 2. The van der Waals surface area contributed by atoms with Crippen molar-refractivity contribution >= 4 is 0 Å². The van der Waals surface area contributed by atoms with Crippen molar-refractivity contribution in [3.05, 3.63) is 23.8 Å². The van der Waals surface area contributed by atoms with Crippen LogP contribution in [0.25, 0.3) is 11.4 Å². The van der Waals surface area contributed by atoms with Crippen LogP contribution in [-0.4, -0.2) is 34.2 Å². The molecule has 0 fully saturated rings. The van der Waals surface area contributed by atoms with Crippen LogP contribution in [0.1, 0.15) is 11.4 Å². The smallest absolute Gasteiger partial charge is 0.231 e. The highest BCUT2D eigenvalue weighted by atomic mass is 16.5. The largest absolute Gasteiger partial charge is 0.480 e. The zero-order chi connectivity index (χ0) is 13.1. The van der Waals surface area contributed by atoms with Crippen LogP contribution in [-0.2, 0) is 0 Å². The van der Waals surface area contributed by atoms with Gasteiger partial charge in [-0.05, 0) is 19.9 Å². The molecule has 0 aromatic carbocycles. The third-order valence-corrected chi connectivity index (χ3v) is 2.37. The molecule has 0 saturated carbocycles. The van der Waals surface area contributed by atoms with Crippen molar-refractivity contribution < 1.29 is 9.47 Å². The van der Waals surface area contributed by atoms with E-state index >= 15 is 0 Å². The highest BCUT2D eigenvalue weighted by Gasteiger charge is 2.18. The number of nitrogens with zero attached hydrogens (tertiary/aromatic N) is 4. The number of hydrogen-bond acceptors (Lipinski definition) is 6. The summed E-state index contributed by atoms with van der Waals surface area (Å²) in [7, 11) is 3.07. The molecule has 0 atom stereocenters. The van der Waals surface area contributed by atoms with E-state index in [2.05, 4.69) is 19.9 Å². The standard InChI is InChI=1S/C12H14N4O2/c1-7-5-8(2)16-10(15-7)9-11(17-3)13-6-14-12(9)18-4/h5-6H,1-4H3. The molecule has 0 amide bonds. The van der Waals surface area contributed by atoms with Crippen molar-refractivity contribution in [3.63, 3.8) is 0 Å². The van der Waals surface area contributed by atoms with Gasteiger partial charge in [0.05, 0.1) is 14.2 Å². The maximum Gasteiger partial charge on any atom is 0.231 e. The molecule has 0 radical (unpaired) electrons. The Balaban J connectivity index is 2.68. The van der Waals surface area contributed by atoms with E-state index in [0.717, 1.165) is 11.4 Å². The number of aryl methyl sites for hydroxylation is 2. The fourth-order valence-electron chi connectivity index (χ4n) is 1.69. The Morgan fingerprint density at radius 1 is 0.889 bits per heavy atom. The molecule has 0 saturated heterocycles. The van der Waals surface area contributed by atoms with Crippen LogP contribution in [0.4, 0.5) is 0 Å². The zero-order valence-corrected chi connectivity index (χ0v) is 10.8. The quantitative estimate of drug-likeness (QED) is 0.818. The second kappa shape index (κ2) is 4.95. The van der Waals surface area contributed by atoms with Gasteiger partial charge in [-0.25, -0.2) is 19.9 Å². The summed E-state index contributed by atoms with van der Waals surface area (Å²) in [6.45, 7) is 3.81. The Hall–Kier alpha value is -2.24. The highest BCUT2D eigenvalue weighted by molar-refractivity contribution is 5.67. The van der Waals surface area contributed by atoms with Gasteiger partial charge in [-0.15, -0.1) is 0 Å². The molecule has 0 bridgehead atoms. The predicted octanol–water partition coefficient (Wildman–Crippen LogP) is 1.57. The van der Waals surface area contributed by atoms with Gasteiger partial charge in [-0.1, -0.05) is 0 Å². The van der Waals surface area contributed by atoms with Gasteiger partial charge in [-0.2, -0.15) is 0 Å². The summed E-state index contributed by atoms with van der Waals surface area (Å²) in [5.41, 5.74) is 2.30. The summed E-state index contributed by atoms with van der Waals surface area (Å²) in [5, 5.41) is 0. The molecule has 2 rings (SSSR count). The molecule has 0 aliphatic heterocycles. The van der Waals surface area contributed by atoms with Gasteiger partial charge in [0.2, 0.25) is 11.8 Å². The van der Waals surface area contributed by atoms with Crippen LogP contribution in [0.5, 0.6) is 11.8 Å². The summed E-state index contributed by atoms with van der Waals surface area (Å²) in [4.78, 5) is 16.8. The molecule has 18 heavy (non-hydrogen) atoms. The average Bonchev–Trinajstić information content (AvgIpc) is 2.36. The molecule has 2 heterocycles. The molecular formula is C12H14N4O2. The molecule has 2 aromatic rings. The summed E-state index contributed by atoms with van der Waals surface area (Å²) in [6.07, 6.45) is 1.38. The minimum absolute atomic E-state index is 0.395. The molecular weight excluding hydrogens is 232 g/mol. The van der Waals surface area contributed by atoms with Gasteiger partial charge in [0.1, 0.15) is 11.9 Å². The van der Waals surface area contributed by atoms with E-state index in [1.807, 2.05) is 19.9 Å². The predicted molar refractivity (Wildman–Crippen MR) is 65.6 cm³/mol. The molecule has 0 unspecified atom stereocenters. The van der Waals surface area contributed by atoms with Crippen molar-refractivity contribution in [2.24, 2.45) is 0 Å². The molecule has 6 heteroatoms. The van der Waals surface area contributed by atoms with Gasteiger partial charge in [0, 0.05) is 11.4 Å². The Morgan fingerprint density at radius 3 is 1.83 bits per heavy atom. The van der Waals surface area contributed by atoms with Crippen LogP contribution < -0.4 is 9.47 Å². The van der Waals surface area contributed by atoms with Crippen molar-refractivity contribution in [1.82, 2.24) is 19.9 Å². The fourth-order valence-corrected chi connectivity index (χ4v) is 1.69. The Bertz CT molecular complexity index is 529. The Morgan fingerprint density at radius 2 is 1.39 bits per heavy atom. The van der Waals surface area contributed by atoms with Gasteiger partial charge >= 0.3 is 0 Å². The van der Waals surface area contributed by atoms with Crippen molar-refractivity contribution in [2.45, 2.75) is 13.8 Å². The lowest BCUT2D eigenvalue weighted by atomic mass is 10.2. The minimum Gasteiger partial charge on any atom is -0.480 e. The maximum atomic E-state index is 5.21. The zero-order valence-electron chi connectivity index (χ0n) is 10.8. The lowest BCUT2D eigenvalue weighted by Gasteiger charge is -2.10. The Kier molecular flexibility index (Phi) is 3.36. The SMILES string of the molecule is COc1ncnc(OC)c1-c1nc(C)cc(C)n1. The lowest BCUT2D eigenvalue weighted by Crippen LogP contribution is -2.02. The van der Waals surface area contributed by atoms with Crippen LogP contribution >= 0.6 is 0 Å². The molecule has 94 valence electrons. The van der Waals surface area contributed by atoms with E-state index in [1.54, 1.807) is 0 Å². The van der Waals surface area contributed by atoms with Gasteiger partial charge in [0.25, 0.3) is 0 Å². The van der Waals surface area contributed by atoms with Crippen LogP contribution in [0, 0.1) is 13.8 Å². The molecule has 0 aliphatic rings. The van der Waals surface area contributed by atoms with E-state index in [-0.39, 0.29) is 0 Å². The second-order valence-electron chi connectivity index (χ2n) is 3.74. The van der Waals surface area contributed by atoms with Crippen molar-refractivity contribution in [3.8, 4) is 23.1 Å². The molecule has 2 aromatic heterocycles. The van der Waals surface area contributed by atoms with Gasteiger partial charge in [-0.3, -0.25) is 0 Å². The van der Waals surface area contributed by atoms with Crippen LogP contribution in [0.15, 0.2) is 12.4 Å². The molecule has 6 nitrogen and oxygen atoms in total. The first-order valence-corrected chi connectivity index (χ1v) is 5.41. The van der Waals surface area contributed by atoms with Crippen molar-refractivity contribution in [2.75, 3.05) is 14.2 Å². The third kappa shape index (κ3) is 2.22. The van der Waals surface area contributed by atoms with E-state index < -0.39 is 0 Å². The normalized spacial score (nSPS) is 10.2. The summed E-state index contributed by atoms with van der Waals surface area (Å²) < 4.78 is 10.4. The van der Waals surface area contributed by atoms with Gasteiger partial charge in [0.15, 0.2) is 5.82 Å². The first-order valence-electron chi connectivity index (χ1n) is 5.41. The monoisotopic (exact) mass is 246 g/mol. The third-order valence-electron chi connectivity index (χ3n) is 2.37. The topological polar surface area (TPSA) is 70.0 Å². The molecule has 0 aliphatic carbocycles. The lowest BCUT2D eigenvalue weighted by molar-refractivity contribution is 0.374. The van der Waals surface area contributed by atoms with E-state index in [1.165, 1.54) is 20.5 Å². The summed E-state index contributed by atoms with van der Waals surface area (Å²) >= 11 is 0. The van der Waals surface area contributed by atoms with E-state index in [4.69, 9.17) is 9.47 Å². The van der Waals surface area contributed by atoms with Crippen molar-refractivity contribution in [1.29, 1.82) is 0 Å². The number of aromatic nitrogens is 4. The van der Waals surface area contributed by atoms with Gasteiger partial charge < -0.3 is 9.47 Å². The van der Waals surface area contributed by atoms with E-state index in [9.17, 15) is 0 Å². The highest BCUT2D eigenvalue weighted by Crippen LogP contribution is 2.32. The first kappa shape index (κ1) is 12.2. The minimum atomic E-state index is 0.395. The maximum absolute atomic E-state index is 5.21. The summed E-state index contributed by atoms with van der Waals surface area (Å²) in [6, 6.07) is 1.90. The molecule has 0 N–H and O–H groups in total. The molecule has 0 spiro atoms. The Labute approximate surface area is 105 Å². The number of ether oxygens (including phenoxy) is 2. The number of hydrogen-bond donors (Lipinski definition) is 0. The summed E-state index contributed by atoms with van der Waals surface area (Å²) in [5.74, 6) is 1.29. The van der Waals surface area contributed by atoms with E-state index in [0.29, 0.717) is 23.1 Å². The first-order chi connectivity index (χ1) is 8.65.